The van der Waals surface area contributed by atoms with E-state index in [1.165, 1.54) is 38.8 Å². The molecule has 2 aromatic heterocycles. The second-order valence-corrected chi connectivity index (χ2v) is 17.4. The maximum atomic E-state index is 12.9. The lowest BCUT2D eigenvalue weighted by Crippen LogP contribution is -2.41. The van der Waals surface area contributed by atoms with E-state index in [1.54, 1.807) is 20.8 Å². The molecule has 20 heteroatoms. The van der Waals surface area contributed by atoms with Gasteiger partial charge in [-0.3, -0.25) is 0 Å². The topological polar surface area (TPSA) is 169 Å². The molecule has 2 fully saturated rings. The average molecular weight is 907 g/mol. The molecule has 3 N–H and O–H groups in total. The number of amides is 1. The highest BCUT2D eigenvalue weighted by atomic mass is 19.4. The smallest absolute Gasteiger partial charge is 0.416 e. The molecule has 0 radical (unpaired) electrons. The number of rotatable bonds is 10. The first-order valence-corrected chi connectivity index (χ1v) is 20.8. The number of alkyl halides is 6. The van der Waals surface area contributed by atoms with Gasteiger partial charge >= 0.3 is 18.4 Å². The fourth-order valence-corrected chi connectivity index (χ4v) is 7.54. The number of hydrogen-bond donors (Lipinski definition) is 3. The van der Waals surface area contributed by atoms with Gasteiger partial charge < -0.3 is 25.2 Å². The summed E-state index contributed by atoms with van der Waals surface area (Å²) in [6, 6.07) is 24.9. The number of carbonyl (C=O) groups is 1. The van der Waals surface area contributed by atoms with E-state index >= 15 is 0 Å². The molecule has 65 heavy (non-hydrogen) atoms. The number of likely N-dealkylation sites (tertiary alicyclic amines) is 1. The second kappa shape index (κ2) is 18.7. The van der Waals surface area contributed by atoms with Gasteiger partial charge in [-0.15, -0.1) is 20.4 Å². The van der Waals surface area contributed by atoms with Crippen LogP contribution in [-0.4, -0.2) is 105 Å². The summed E-state index contributed by atoms with van der Waals surface area (Å²) >= 11 is 0. The van der Waals surface area contributed by atoms with Gasteiger partial charge in [-0.1, -0.05) is 72.8 Å². The number of hydrogen-bond acceptors (Lipinski definition) is 11. The van der Waals surface area contributed by atoms with Crippen molar-refractivity contribution in [1.29, 1.82) is 0 Å². The van der Waals surface area contributed by atoms with Crippen LogP contribution >= 0.6 is 0 Å². The molecule has 0 aliphatic carbocycles. The number of carbonyl (C=O) groups excluding carboxylic acids is 1. The van der Waals surface area contributed by atoms with Crippen molar-refractivity contribution in [3.63, 3.8) is 0 Å². The summed E-state index contributed by atoms with van der Waals surface area (Å²) in [5.74, 6) is 0.755. The Morgan fingerprint density at radius 1 is 0.677 bits per heavy atom. The van der Waals surface area contributed by atoms with Crippen LogP contribution < -0.4 is 5.32 Å². The first kappa shape index (κ1) is 46.7. The summed E-state index contributed by atoms with van der Waals surface area (Å²) in [6.07, 6.45) is -7.43. The summed E-state index contributed by atoms with van der Waals surface area (Å²) in [5.41, 5.74) is 0.515. The summed E-state index contributed by atoms with van der Waals surface area (Å²) < 4.78 is 82.3. The molecule has 2 aliphatic rings. The molecule has 2 saturated heterocycles. The zero-order chi connectivity index (χ0) is 46.6. The van der Waals surface area contributed by atoms with Crippen LogP contribution in [0, 0.1) is 0 Å². The third kappa shape index (κ3) is 12.3. The molecule has 2 unspecified atom stereocenters. The highest BCUT2D eigenvalue weighted by Crippen LogP contribution is 2.32. The van der Waals surface area contributed by atoms with Crippen molar-refractivity contribution in [3.05, 3.63) is 130 Å². The summed E-state index contributed by atoms with van der Waals surface area (Å²) in [7, 11) is 0. The molecule has 344 valence electrons. The van der Waals surface area contributed by atoms with Crippen LogP contribution in [0.2, 0.25) is 0 Å². The molecule has 0 spiro atoms. The number of β-amino-alcohol motifs (C(OH)–C–C–N with tert-alkyl or cyclic N) is 2. The Bertz CT molecular complexity index is 2550. The Balaban J connectivity index is 0.000000198. The molecule has 8 rings (SSSR count). The molecule has 2 aliphatic heterocycles. The van der Waals surface area contributed by atoms with Crippen LogP contribution in [-0.2, 0) is 43.0 Å². The fourth-order valence-electron chi connectivity index (χ4n) is 7.54. The number of aliphatic hydroxyl groups is 2. The minimum atomic E-state index is -4.38. The molecule has 6 aromatic rings. The summed E-state index contributed by atoms with van der Waals surface area (Å²) in [5, 5.41) is 49.8. The number of nitrogens with one attached hydrogen (secondary N) is 1. The van der Waals surface area contributed by atoms with Gasteiger partial charge in [-0.05, 0) is 110 Å². The highest BCUT2D eigenvalue weighted by Gasteiger charge is 2.41. The van der Waals surface area contributed by atoms with E-state index in [0.717, 1.165) is 53.1 Å². The van der Waals surface area contributed by atoms with E-state index in [0.29, 0.717) is 61.5 Å². The average Bonchev–Trinajstić information content (AvgIpc) is 4.07. The Morgan fingerprint density at radius 2 is 1.14 bits per heavy atom. The maximum Gasteiger partial charge on any atom is 0.416 e. The fraction of sp³-hybridized carbons (Fsp3) is 0.400. The standard InChI is InChI=1S/C25H28F3N5O3.C20H20F3N5O/c1-23(2,3)36-22(34)32-13-12-24(35,15-32)16-33-30-21(29-31-33)20-7-5-4-6-18(20)14-17-8-10-19(11-9-17)25(26,27)28;21-20(22,23)16-7-5-14(6-8-16)11-15-3-1-2-4-17(15)18-25-27-28(26-18)13-19(29)9-10-24-12-19/h4-11,35H,12-16H2,1-3H3;1-8,24,29H,9-13H2. The SMILES string of the molecule is CC(C)(C)OC(=O)N1CCC(O)(Cn2nnc(-c3ccccc3Cc3ccc(C(F)(F)F)cc3)n2)C1.OC1(Cn2nnc(-c3ccccc3Cc3ccc(C(F)(F)F)cc3)n2)CCNC1. The van der Waals surface area contributed by atoms with Crippen molar-refractivity contribution in [2.45, 2.75) is 88.7 Å². The minimum absolute atomic E-state index is 0.0420. The zero-order valence-corrected chi connectivity index (χ0v) is 35.8. The summed E-state index contributed by atoms with van der Waals surface area (Å²) in [4.78, 5) is 16.5. The molecular formula is C45H48F6N10O4. The van der Waals surface area contributed by atoms with E-state index in [1.807, 2.05) is 48.5 Å². The van der Waals surface area contributed by atoms with E-state index in [2.05, 4.69) is 36.1 Å². The van der Waals surface area contributed by atoms with Crippen molar-refractivity contribution in [2.75, 3.05) is 26.2 Å². The predicted octanol–water partition coefficient (Wildman–Crippen LogP) is 7.00. The van der Waals surface area contributed by atoms with Crippen LogP contribution in [0.15, 0.2) is 97.1 Å². The van der Waals surface area contributed by atoms with Crippen LogP contribution in [0.3, 0.4) is 0 Å². The molecule has 4 heterocycles. The number of tetrazole rings is 2. The normalized spacial score (nSPS) is 19.0. The zero-order valence-electron chi connectivity index (χ0n) is 35.8. The number of benzene rings is 4. The Labute approximate surface area is 370 Å². The third-order valence-electron chi connectivity index (χ3n) is 10.9. The van der Waals surface area contributed by atoms with E-state index < -0.39 is 46.4 Å². The minimum Gasteiger partial charge on any atom is -0.444 e. The van der Waals surface area contributed by atoms with Crippen LogP contribution in [0.5, 0.6) is 0 Å². The van der Waals surface area contributed by atoms with Gasteiger partial charge in [0, 0.05) is 24.2 Å². The van der Waals surface area contributed by atoms with Crippen LogP contribution in [0.4, 0.5) is 31.1 Å². The molecule has 0 bridgehead atoms. The number of aromatic nitrogens is 8. The van der Waals surface area contributed by atoms with Gasteiger partial charge in [-0.2, -0.15) is 35.9 Å². The molecular weight excluding hydrogens is 859 g/mol. The monoisotopic (exact) mass is 906 g/mol. The van der Waals surface area contributed by atoms with Gasteiger partial charge in [0.2, 0.25) is 11.6 Å². The molecule has 4 aromatic carbocycles. The Morgan fingerprint density at radius 3 is 1.57 bits per heavy atom. The largest absolute Gasteiger partial charge is 0.444 e. The number of halogens is 6. The summed E-state index contributed by atoms with van der Waals surface area (Å²) in [6.45, 7) is 7.29. The van der Waals surface area contributed by atoms with Crippen LogP contribution in [0.25, 0.3) is 22.8 Å². The first-order valence-electron chi connectivity index (χ1n) is 20.8. The molecule has 2 atom stereocenters. The van der Waals surface area contributed by atoms with Crippen molar-refractivity contribution in [1.82, 2.24) is 50.6 Å². The molecule has 1 amide bonds. The van der Waals surface area contributed by atoms with E-state index in [-0.39, 0.29) is 19.6 Å². The second-order valence-electron chi connectivity index (χ2n) is 17.4. The van der Waals surface area contributed by atoms with Crippen molar-refractivity contribution < 1.29 is 46.1 Å². The van der Waals surface area contributed by atoms with Gasteiger partial charge in [0.05, 0.1) is 36.4 Å². The Kier molecular flexibility index (Phi) is 13.4. The molecule has 0 saturated carbocycles. The lowest BCUT2D eigenvalue weighted by Gasteiger charge is -2.26. The van der Waals surface area contributed by atoms with Crippen molar-refractivity contribution >= 4 is 6.09 Å². The van der Waals surface area contributed by atoms with E-state index in [9.17, 15) is 41.4 Å². The predicted molar refractivity (Wildman–Crippen MR) is 225 cm³/mol. The van der Waals surface area contributed by atoms with Gasteiger partial charge in [0.15, 0.2) is 0 Å². The maximum absolute atomic E-state index is 12.9. The van der Waals surface area contributed by atoms with Gasteiger partial charge in [0.1, 0.15) is 11.2 Å². The lowest BCUT2D eigenvalue weighted by atomic mass is 9.98. The third-order valence-corrected chi connectivity index (χ3v) is 10.9. The van der Waals surface area contributed by atoms with Gasteiger partial charge in [0.25, 0.3) is 0 Å². The van der Waals surface area contributed by atoms with E-state index in [4.69, 9.17) is 4.74 Å². The lowest BCUT2D eigenvalue weighted by molar-refractivity contribution is -0.138. The van der Waals surface area contributed by atoms with Gasteiger partial charge in [-0.25, -0.2) is 4.79 Å². The first-order chi connectivity index (χ1) is 30.6. The quantitative estimate of drug-likeness (QED) is 0.121. The van der Waals surface area contributed by atoms with Crippen LogP contribution in [0.1, 0.15) is 67.0 Å². The van der Waals surface area contributed by atoms with Crippen molar-refractivity contribution in [2.24, 2.45) is 0 Å². The highest BCUT2D eigenvalue weighted by molar-refractivity contribution is 5.68. The number of nitrogens with zero attached hydrogens (tertiary/aromatic N) is 9. The molecule has 14 nitrogen and oxygen atoms in total. The van der Waals surface area contributed by atoms with Crippen molar-refractivity contribution in [3.8, 4) is 22.8 Å². The Hall–Kier alpha value is -6.25. The number of ether oxygens (including phenoxy) is 1.